The minimum absolute atomic E-state index is 0.126. The number of rotatable bonds is 5. The predicted octanol–water partition coefficient (Wildman–Crippen LogP) is 1.31. The van der Waals surface area contributed by atoms with Gasteiger partial charge in [0.15, 0.2) is 0 Å². The number of likely N-dealkylation sites (tertiary alicyclic amines) is 1. The molecule has 7 nitrogen and oxygen atoms in total. The maximum Gasteiger partial charge on any atom is 0.240 e. The number of nitrogens with zero attached hydrogens (tertiary/aromatic N) is 3. The van der Waals surface area contributed by atoms with Crippen LogP contribution in [0.25, 0.3) is 0 Å². The predicted molar refractivity (Wildman–Crippen MR) is 78.7 cm³/mol. The Labute approximate surface area is 124 Å². The molecule has 1 atom stereocenters. The maximum atomic E-state index is 12.1. The van der Waals surface area contributed by atoms with Crippen LogP contribution in [0.2, 0.25) is 0 Å². The largest absolute Gasteiger partial charge is 0.481 e. The van der Waals surface area contributed by atoms with Gasteiger partial charge in [0.1, 0.15) is 0 Å². The molecule has 1 aromatic heterocycles. The van der Waals surface area contributed by atoms with Crippen molar-refractivity contribution in [2.24, 2.45) is 0 Å². The van der Waals surface area contributed by atoms with Crippen LogP contribution in [0.4, 0.5) is 5.95 Å². The van der Waals surface area contributed by atoms with Crippen molar-refractivity contribution in [1.29, 1.82) is 0 Å². The molecule has 1 aliphatic heterocycles. The lowest BCUT2D eigenvalue weighted by Gasteiger charge is -2.32. The van der Waals surface area contributed by atoms with E-state index < -0.39 is 0 Å². The van der Waals surface area contributed by atoms with Crippen molar-refractivity contribution < 1.29 is 14.3 Å². The minimum atomic E-state index is -0.126. The Morgan fingerprint density at radius 3 is 2.57 bits per heavy atom. The first-order valence-corrected chi connectivity index (χ1v) is 7.13. The highest BCUT2D eigenvalue weighted by molar-refractivity contribution is 5.90. The molecule has 1 saturated heterocycles. The Morgan fingerprint density at radius 1 is 1.33 bits per heavy atom. The van der Waals surface area contributed by atoms with Crippen molar-refractivity contribution in [1.82, 2.24) is 14.9 Å². The number of anilines is 1. The van der Waals surface area contributed by atoms with Crippen LogP contribution >= 0.6 is 0 Å². The number of carbonyl (C=O) groups is 1. The summed E-state index contributed by atoms with van der Waals surface area (Å²) in [6, 6.07) is 1.99. The fourth-order valence-electron chi connectivity index (χ4n) is 2.41. The number of carbonyl (C=O) groups excluding carboxylic acids is 1. The number of methoxy groups -OCH3 is 2. The molecule has 0 radical (unpaired) electrons. The van der Waals surface area contributed by atoms with E-state index in [1.165, 1.54) is 20.6 Å². The topological polar surface area (TPSA) is 76.6 Å². The van der Waals surface area contributed by atoms with Crippen molar-refractivity contribution in [2.75, 3.05) is 32.6 Å². The Balaban J connectivity index is 1.98. The van der Waals surface area contributed by atoms with Gasteiger partial charge in [-0.2, -0.15) is 9.97 Å². The fourth-order valence-corrected chi connectivity index (χ4v) is 2.41. The number of aromatic nitrogens is 2. The molecule has 1 unspecified atom stereocenters. The average Bonchev–Trinajstić information content (AvgIpc) is 2.49. The SMILES string of the molecule is COc1cc(OC)nc(NC(=O)CN2CCCCC2C)n1. The fraction of sp³-hybridized carbons (Fsp3) is 0.643. The van der Waals surface area contributed by atoms with E-state index in [-0.39, 0.29) is 11.9 Å². The Hall–Kier alpha value is -1.89. The molecule has 0 spiro atoms. The molecule has 1 aromatic rings. The Morgan fingerprint density at radius 2 is 2.00 bits per heavy atom. The van der Waals surface area contributed by atoms with Gasteiger partial charge in [0.05, 0.1) is 26.8 Å². The summed E-state index contributed by atoms with van der Waals surface area (Å²) in [5.41, 5.74) is 0. The highest BCUT2D eigenvalue weighted by Gasteiger charge is 2.21. The molecule has 1 fully saturated rings. The van der Waals surface area contributed by atoms with E-state index in [2.05, 4.69) is 27.1 Å². The first kappa shape index (κ1) is 15.5. The van der Waals surface area contributed by atoms with Gasteiger partial charge < -0.3 is 9.47 Å². The lowest BCUT2D eigenvalue weighted by atomic mass is 10.0. The smallest absolute Gasteiger partial charge is 0.240 e. The minimum Gasteiger partial charge on any atom is -0.481 e. The van der Waals surface area contributed by atoms with Crippen LogP contribution in [0, 0.1) is 0 Å². The number of nitrogens with one attached hydrogen (secondary N) is 1. The summed E-state index contributed by atoms with van der Waals surface area (Å²) in [5, 5.41) is 2.70. The zero-order valence-corrected chi connectivity index (χ0v) is 12.8. The van der Waals surface area contributed by atoms with E-state index >= 15 is 0 Å². The number of piperidine rings is 1. The van der Waals surface area contributed by atoms with Gasteiger partial charge in [-0.3, -0.25) is 15.0 Å². The maximum absolute atomic E-state index is 12.1. The third kappa shape index (κ3) is 4.29. The molecule has 21 heavy (non-hydrogen) atoms. The van der Waals surface area contributed by atoms with Gasteiger partial charge in [-0.05, 0) is 26.3 Å². The number of amides is 1. The highest BCUT2D eigenvalue weighted by atomic mass is 16.5. The highest BCUT2D eigenvalue weighted by Crippen LogP contribution is 2.18. The molecule has 0 bridgehead atoms. The lowest BCUT2D eigenvalue weighted by molar-refractivity contribution is -0.118. The second-order valence-electron chi connectivity index (χ2n) is 5.14. The summed E-state index contributed by atoms with van der Waals surface area (Å²) in [7, 11) is 3.01. The first-order valence-electron chi connectivity index (χ1n) is 7.13. The van der Waals surface area contributed by atoms with E-state index in [4.69, 9.17) is 9.47 Å². The average molecular weight is 294 g/mol. The van der Waals surface area contributed by atoms with E-state index in [1.807, 2.05) is 0 Å². The summed E-state index contributed by atoms with van der Waals surface area (Å²) in [4.78, 5) is 22.5. The summed E-state index contributed by atoms with van der Waals surface area (Å²) >= 11 is 0. The molecule has 0 aromatic carbocycles. The zero-order valence-electron chi connectivity index (χ0n) is 12.8. The van der Waals surface area contributed by atoms with Gasteiger partial charge in [-0.25, -0.2) is 0 Å². The van der Waals surface area contributed by atoms with Crippen molar-refractivity contribution in [3.63, 3.8) is 0 Å². The third-order valence-electron chi connectivity index (χ3n) is 3.64. The molecule has 0 aliphatic carbocycles. The first-order chi connectivity index (χ1) is 10.1. The number of hydrogen-bond acceptors (Lipinski definition) is 6. The Bertz CT molecular complexity index is 473. The number of ether oxygens (including phenoxy) is 2. The molecular formula is C14H22N4O3. The van der Waals surface area contributed by atoms with Crippen LogP contribution in [-0.2, 0) is 4.79 Å². The quantitative estimate of drug-likeness (QED) is 0.882. The van der Waals surface area contributed by atoms with Gasteiger partial charge >= 0.3 is 0 Å². The second kappa shape index (κ2) is 7.21. The van der Waals surface area contributed by atoms with E-state index in [0.717, 1.165) is 19.4 Å². The molecule has 1 amide bonds. The van der Waals surface area contributed by atoms with Crippen molar-refractivity contribution in [3.05, 3.63) is 6.07 Å². The van der Waals surface area contributed by atoms with Gasteiger partial charge in [0.25, 0.3) is 0 Å². The normalized spacial score (nSPS) is 19.1. The zero-order chi connectivity index (χ0) is 15.2. The molecule has 2 heterocycles. The molecular weight excluding hydrogens is 272 g/mol. The van der Waals surface area contributed by atoms with Crippen LogP contribution in [-0.4, -0.2) is 54.1 Å². The molecule has 0 saturated carbocycles. The van der Waals surface area contributed by atoms with Crippen molar-refractivity contribution >= 4 is 11.9 Å². The van der Waals surface area contributed by atoms with Crippen molar-refractivity contribution in [3.8, 4) is 11.8 Å². The third-order valence-corrected chi connectivity index (χ3v) is 3.64. The van der Waals surface area contributed by atoms with Gasteiger partial charge in [-0.15, -0.1) is 0 Å². The lowest BCUT2D eigenvalue weighted by Crippen LogP contribution is -2.42. The number of hydrogen-bond donors (Lipinski definition) is 1. The van der Waals surface area contributed by atoms with Crippen LogP contribution in [0.1, 0.15) is 26.2 Å². The Kier molecular flexibility index (Phi) is 5.32. The molecule has 2 rings (SSSR count). The molecule has 7 heteroatoms. The van der Waals surface area contributed by atoms with Gasteiger partial charge in [0, 0.05) is 6.04 Å². The van der Waals surface area contributed by atoms with Crippen LogP contribution in [0.5, 0.6) is 11.8 Å². The van der Waals surface area contributed by atoms with Crippen LogP contribution < -0.4 is 14.8 Å². The van der Waals surface area contributed by atoms with Crippen molar-refractivity contribution in [2.45, 2.75) is 32.2 Å². The second-order valence-corrected chi connectivity index (χ2v) is 5.14. The monoisotopic (exact) mass is 294 g/mol. The van der Waals surface area contributed by atoms with Crippen LogP contribution in [0.15, 0.2) is 6.07 Å². The van der Waals surface area contributed by atoms with E-state index in [9.17, 15) is 4.79 Å². The summed E-state index contributed by atoms with van der Waals surface area (Å²) in [6.07, 6.45) is 3.51. The van der Waals surface area contributed by atoms with Gasteiger partial charge in [-0.1, -0.05) is 6.42 Å². The summed E-state index contributed by atoms with van der Waals surface area (Å²) in [5.74, 6) is 0.770. The van der Waals surface area contributed by atoms with E-state index in [0.29, 0.717) is 24.3 Å². The summed E-state index contributed by atoms with van der Waals surface area (Å²) < 4.78 is 10.1. The molecule has 1 N–H and O–H groups in total. The summed E-state index contributed by atoms with van der Waals surface area (Å²) in [6.45, 7) is 3.46. The standard InChI is InChI=1S/C14H22N4O3/c1-10-6-4-5-7-18(10)9-11(19)15-14-16-12(20-2)8-13(17-14)21-3/h8,10H,4-7,9H2,1-3H3,(H,15,16,17,19). The molecule has 116 valence electrons. The molecule has 1 aliphatic rings. The van der Waals surface area contributed by atoms with Gasteiger partial charge in [0.2, 0.25) is 23.6 Å². The van der Waals surface area contributed by atoms with E-state index in [1.54, 1.807) is 6.07 Å². The van der Waals surface area contributed by atoms with Crippen LogP contribution in [0.3, 0.4) is 0 Å².